The molecule has 1 aliphatic rings. The maximum Gasteiger partial charge on any atom is 0.0661 e. The molecule has 1 aliphatic heterocycles. The Bertz CT molecular complexity index is 287. The van der Waals surface area contributed by atoms with Gasteiger partial charge in [0.05, 0.1) is 5.69 Å². The number of nitrogens with zero attached hydrogens (tertiary/aromatic N) is 1. The molecule has 0 aromatic heterocycles. The van der Waals surface area contributed by atoms with Gasteiger partial charge in [-0.05, 0) is 18.6 Å². The minimum absolute atomic E-state index is 1.01. The second-order valence-electron chi connectivity index (χ2n) is 2.65. The van der Waals surface area contributed by atoms with E-state index in [1.165, 1.54) is 11.1 Å². The van der Waals surface area contributed by atoms with Crippen LogP contribution in [0.1, 0.15) is 11.1 Å². The lowest BCUT2D eigenvalue weighted by molar-refractivity contribution is 1.35. The molecule has 2 rings (SSSR count). The fourth-order valence-electron chi connectivity index (χ4n) is 1.25. The molecule has 10 heavy (non-hydrogen) atoms. The van der Waals surface area contributed by atoms with Gasteiger partial charge in [-0.15, -0.1) is 0 Å². The number of rotatable bonds is 0. The van der Waals surface area contributed by atoms with Crippen LogP contribution in [-0.4, -0.2) is 6.21 Å². The van der Waals surface area contributed by atoms with Crippen molar-refractivity contribution in [2.75, 3.05) is 0 Å². The highest BCUT2D eigenvalue weighted by molar-refractivity contribution is 5.75. The van der Waals surface area contributed by atoms with Crippen molar-refractivity contribution in [1.82, 2.24) is 0 Å². The Labute approximate surface area is 60.4 Å². The first-order valence-corrected chi connectivity index (χ1v) is 3.48. The van der Waals surface area contributed by atoms with E-state index in [1.807, 2.05) is 6.21 Å². The van der Waals surface area contributed by atoms with Crippen LogP contribution in [-0.2, 0) is 6.42 Å². The van der Waals surface area contributed by atoms with E-state index in [-0.39, 0.29) is 0 Å². The highest BCUT2D eigenvalue weighted by Gasteiger charge is 2.04. The molecule has 1 aromatic carbocycles. The van der Waals surface area contributed by atoms with E-state index in [4.69, 9.17) is 0 Å². The highest BCUT2D eigenvalue weighted by atomic mass is 14.7. The fourth-order valence-corrected chi connectivity index (χ4v) is 1.25. The maximum atomic E-state index is 4.22. The van der Waals surface area contributed by atoms with Gasteiger partial charge in [-0.1, -0.05) is 17.7 Å². The zero-order chi connectivity index (χ0) is 6.97. The molecular formula is C9H9N. The zero-order valence-electron chi connectivity index (χ0n) is 5.96. The van der Waals surface area contributed by atoms with Gasteiger partial charge in [-0.2, -0.15) is 0 Å². The van der Waals surface area contributed by atoms with Crippen LogP contribution >= 0.6 is 0 Å². The van der Waals surface area contributed by atoms with Crippen molar-refractivity contribution in [2.45, 2.75) is 13.3 Å². The summed E-state index contributed by atoms with van der Waals surface area (Å²) in [5, 5.41) is 0. The van der Waals surface area contributed by atoms with E-state index in [0.29, 0.717) is 0 Å². The molecule has 50 valence electrons. The van der Waals surface area contributed by atoms with Crippen LogP contribution in [0.2, 0.25) is 0 Å². The standard InChI is InChI=1S/C9H9N/c1-7-2-3-9-8(6-7)4-5-10-9/h2-3,5-6H,4H2,1H3. The van der Waals surface area contributed by atoms with E-state index in [0.717, 1.165) is 12.1 Å². The van der Waals surface area contributed by atoms with Gasteiger partial charge in [0.15, 0.2) is 0 Å². The van der Waals surface area contributed by atoms with Crippen molar-refractivity contribution >= 4 is 11.9 Å². The Morgan fingerprint density at radius 3 is 3.20 bits per heavy atom. The van der Waals surface area contributed by atoms with Gasteiger partial charge in [0, 0.05) is 12.6 Å². The smallest absolute Gasteiger partial charge is 0.0661 e. The van der Waals surface area contributed by atoms with E-state index >= 15 is 0 Å². The third-order valence-corrected chi connectivity index (χ3v) is 1.78. The molecule has 0 fully saturated rings. The van der Waals surface area contributed by atoms with Gasteiger partial charge in [-0.25, -0.2) is 0 Å². The first-order valence-electron chi connectivity index (χ1n) is 3.48. The molecule has 0 N–H and O–H groups in total. The summed E-state index contributed by atoms with van der Waals surface area (Å²) in [4.78, 5) is 4.22. The number of hydrogen-bond acceptors (Lipinski definition) is 1. The number of aliphatic imine (C=N–C) groups is 1. The third-order valence-electron chi connectivity index (χ3n) is 1.78. The quantitative estimate of drug-likeness (QED) is 0.512. The highest BCUT2D eigenvalue weighted by Crippen LogP contribution is 2.24. The summed E-state index contributed by atoms with van der Waals surface area (Å²) < 4.78 is 0. The molecule has 0 atom stereocenters. The molecule has 0 aliphatic carbocycles. The number of benzene rings is 1. The van der Waals surface area contributed by atoms with Gasteiger partial charge in [0.1, 0.15) is 0 Å². The van der Waals surface area contributed by atoms with Crippen LogP contribution in [0.5, 0.6) is 0 Å². The lowest BCUT2D eigenvalue weighted by Crippen LogP contribution is -1.79. The molecule has 0 amide bonds. The molecular weight excluding hydrogens is 122 g/mol. The van der Waals surface area contributed by atoms with Crippen LogP contribution in [0.15, 0.2) is 23.2 Å². The van der Waals surface area contributed by atoms with Gasteiger partial charge in [-0.3, -0.25) is 4.99 Å². The molecule has 0 saturated carbocycles. The minimum Gasteiger partial charge on any atom is -0.261 e. The van der Waals surface area contributed by atoms with Crippen molar-refractivity contribution in [3.05, 3.63) is 29.3 Å². The molecule has 1 nitrogen and oxygen atoms in total. The van der Waals surface area contributed by atoms with Crippen molar-refractivity contribution in [3.8, 4) is 0 Å². The predicted molar refractivity (Wildman–Crippen MR) is 43.0 cm³/mol. The van der Waals surface area contributed by atoms with Gasteiger partial charge in [0.2, 0.25) is 0 Å². The lowest BCUT2D eigenvalue weighted by atomic mass is 10.1. The van der Waals surface area contributed by atoms with Crippen molar-refractivity contribution in [2.24, 2.45) is 4.99 Å². The first-order chi connectivity index (χ1) is 4.86. The Balaban J connectivity index is 2.59. The maximum absolute atomic E-state index is 4.22. The normalized spacial score (nSPS) is 13.7. The summed E-state index contributed by atoms with van der Waals surface area (Å²) in [5.74, 6) is 0. The summed E-state index contributed by atoms with van der Waals surface area (Å²) in [5.41, 5.74) is 3.83. The minimum atomic E-state index is 1.01. The second-order valence-corrected chi connectivity index (χ2v) is 2.65. The van der Waals surface area contributed by atoms with Crippen molar-refractivity contribution in [1.29, 1.82) is 0 Å². The second kappa shape index (κ2) is 1.94. The Morgan fingerprint density at radius 2 is 2.30 bits per heavy atom. The van der Waals surface area contributed by atoms with Crippen LogP contribution in [0.4, 0.5) is 5.69 Å². The Morgan fingerprint density at radius 1 is 1.40 bits per heavy atom. The number of aryl methyl sites for hydroxylation is 1. The van der Waals surface area contributed by atoms with Crippen LogP contribution in [0.3, 0.4) is 0 Å². The average molecular weight is 131 g/mol. The summed E-state index contributed by atoms with van der Waals surface area (Å²) in [7, 11) is 0. The van der Waals surface area contributed by atoms with E-state index in [9.17, 15) is 0 Å². The van der Waals surface area contributed by atoms with E-state index in [2.05, 4.69) is 30.1 Å². The van der Waals surface area contributed by atoms with Crippen molar-refractivity contribution < 1.29 is 0 Å². The Hall–Kier alpha value is -1.11. The van der Waals surface area contributed by atoms with Crippen LogP contribution < -0.4 is 0 Å². The monoisotopic (exact) mass is 131 g/mol. The molecule has 0 unspecified atom stereocenters. The molecule has 0 spiro atoms. The number of hydrogen-bond donors (Lipinski definition) is 0. The molecule has 1 heterocycles. The average Bonchev–Trinajstić information content (AvgIpc) is 2.33. The summed E-state index contributed by atoms with van der Waals surface area (Å²) in [6.45, 7) is 2.11. The van der Waals surface area contributed by atoms with E-state index in [1.54, 1.807) is 0 Å². The third kappa shape index (κ3) is 0.747. The molecule has 1 heteroatoms. The fraction of sp³-hybridized carbons (Fsp3) is 0.222. The summed E-state index contributed by atoms with van der Waals surface area (Å²) in [6, 6.07) is 6.37. The van der Waals surface area contributed by atoms with Crippen molar-refractivity contribution in [3.63, 3.8) is 0 Å². The number of fused-ring (bicyclic) bond motifs is 1. The topological polar surface area (TPSA) is 12.4 Å². The largest absolute Gasteiger partial charge is 0.261 e. The van der Waals surface area contributed by atoms with Crippen LogP contribution in [0.25, 0.3) is 0 Å². The summed E-state index contributed by atoms with van der Waals surface area (Å²) in [6.07, 6.45) is 2.97. The predicted octanol–water partition coefficient (Wildman–Crippen LogP) is 2.25. The van der Waals surface area contributed by atoms with E-state index < -0.39 is 0 Å². The van der Waals surface area contributed by atoms with Gasteiger partial charge < -0.3 is 0 Å². The SMILES string of the molecule is Cc1ccc2c(c1)CC=N2. The van der Waals surface area contributed by atoms with Gasteiger partial charge in [0.25, 0.3) is 0 Å². The first kappa shape index (κ1) is 5.66. The molecule has 0 radical (unpaired) electrons. The molecule has 0 saturated heterocycles. The molecule has 1 aromatic rings. The lowest BCUT2D eigenvalue weighted by Gasteiger charge is -1.96. The summed E-state index contributed by atoms with van der Waals surface area (Å²) >= 11 is 0. The Kier molecular flexibility index (Phi) is 1.10. The zero-order valence-corrected chi connectivity index (χ0v) is 5.96. The van der Waals surface area contributed by atoms with Gasteiger partial charge >= 0.3 is 0 Å². The van der Waals surface area contributed by atoms with Crippen LogP contribution in [0, 0.1) is 6.92 Å². The molecule has 0 bridgehead atoms.